The molecule has 0 radical (unpaired) electrons. The highest BCUT2D eigenvalue weighted by molar-refractivity contribution is 5.95. The average Bonchev–Trinajstić information content (AvgIpc) is 2.82. The van der Waals surface area contributed by atoms with Crippen LogP contribution in [0.2, 0.25) is 0 Å². The average molecular weight is 505 g/mol. The van der Waals surface area contributed by atoms with E-state index in [0.717, 1.165) is 32.0 Å². The van der Waals surface area contributed by atoms with Crippen LogP contribution in [0.15, 0.2) is 36.4 Å². The number of carbonyl (C=O) groups is 1. The quantitative estimate of drug-likeness (QED) is 0.572. The SMILES string of the molecule is CC(C)(F)CN1CCC(COc2ccc(-c3ccc(C(=O)N4CCCC(O)C4)cc3F)c(F)c2)CC1. The van der Waals surface area contributed by atoms with Crippen LogP contribution in [-0.4, -0.2) is 71.9 Å². The van der Waals surface area contributed by atoms with Crippen molar-refractivity contribution in [2.24, 2.45) is 5.92 Å². The van der Waals surface area contributed by atoms with Crippen LogP contribution in [0.1, 0.15) is 49.9 Å². The second kappa shape index (κ2) is 11.2. The topological polar surface area (TPSA) is 53.0 Å². The van der Waals surface area contributed by atoms with E-state index in [0.29, 0.717) is 44.2 Å². The summed E-state index contributed by atoms with van der Waals surface area (Å²) < 4.78 is 49.5. The zero-order valence-corrected chi connectivity index (χ0v) is 21.0. The summed E-state index contributed by atoms with van der Waals surface area (Å²) in [5.74, 6) is -0.948. The van der Waals surface area contributed by atoms with Crippen molar-refractivity contribution in [3.05, 3.63) is 53.6 Å². The van der Waals surface area contributed by atoms with Gasteiger partial charge in [-0.05, 0) is 82.8 Å². The van der Waals surface area contributed by atoms with E-state index in [1.54, 1.807) is 19.9 Å². The van der Waals surface area contributed by atoms with Crippen molar-refractivity contribution >= 4 is 5.91 Å². The summed E-state index contributed by atoms with van der Waals surface area (Å²) in [6.07, 6.45) is 2.56. The molecule has 0 saturated carbocycles. The highest BCUT2D eigenvalue weighted by Gasteiger charge is 2.26. The fourth-order valence-electron chi connectivity index (χ4n) is 5.05. The van der Waals surface area contributed by atoms with Gasteiger partial charge < -0.3 is 19.6 Å². The largest absolute Gasteiger partial charge is 0.493 e. The van der Waals surface area contributed by atoms with Crippen LogP contribution in [0.3, 0.4) is 0 Å². The van der Waals surface area contributed by atoms with Crippen LogP contribution in [0, 0.1) is 17.6 Å². The molecule has 0 aliphatic carbocycles. The third-order valence-corrected chi connectivity index (χ3v) is 6.92. The van der Waals surface area contributed by atoms with Gasteiger partial charge in [-0.25, -0.2) is 13.2 Å². The molecule has 1 unspecified atom stereocenters. The van der Waals surface area contributed by atoms with Gasteiger partial charge >= 0.3 is 0 Å². The summed E-state index contributed by atoms with van der Waals surface area (Å²) in [4.78, 5) is 16.3. The Morgan fingerprint density at radius 2 is 1.69 bits per heavy atom. The van der Waals surface area contributed by atoms with E-state index >= 15 is 0 Å². The molecule has 2 aromatic rings. The number of aliphatic hydroxyl groups excluding tert-OH is 1. The summed E-state index contributed by atoms with van der Waals surface area (Å²) in [5, 5.41) is 9.80. The number of carbonyl (C=O) groups excluding carboxylic acids is 1. The molecule has 8 heteroatoms. The summed E-state index contributed by atoms with van der Waals surface area (Å²) in [5.41, 5.74) is -0.881. The predicted molar refractivity (Wildman–Crippen MR) is 133 cm³/mol. The monoisotopic (exact) mass is 504 g/mol. The molecule has 1 N–H and O–H groups in total. The molecule has 2 heterocycles. The number of alkyl halides is 1. The van der Waals surface area contributed by atoms with Crippen LogP contribution in [0.4, 0.5) is 13.2 Å². The zero-order chi connectivity index (χ0) is 25.9. The van der Waals surface area contributed by atoms with Gasteiger partial charge in [-0.2, -0.15) is 0 Å². The van der Waals surface area contributed by atoms with Crippen molar-refractivity contribution in [3.63, 3.8) is 0 Å². The minimum Gasteiger partial charge on any atom is -0.493 e. The lowest BCUT2D eigenvalue weighted by Crippen LogP contribution is -2.42. The molecule has 2 fully saturated rings. The first kappa shape index (κ1) is 26.5. The second-order valence-electron chi connectivity index (χ2n) is 10.6. The lowest BCUT2D eigenvalue weighted by atomic mass is 9.96. The molecule has 4 rings (SSSR count). The van der Waals surface area contributed by atoms with Gasteiger partial charge in [0.25, 0.3) is 5.91 Å². The number of piperidine rings is 2. The molecule has 196 valence electrons. The van der Waals surface area contributed by atoms with Gasteiger partial charge in [0.1, 0.15) is 23.1 Å². The Labute approximate surface area is 210 Å². The van der Waals surface area contributed by atoms with E-state index < -0.39 is 23.4 Å². The van der Waals surface area contributed by atoms with Gasteiger partial charge in [-0.1, -0.05) is 6.07 Å². The normalized spacial score (nSPS) is 19.9. The first-order valence-corrected chi connectivity index (χ1v) is 12.7. The number of hydrogen-bond acceptors (Lipinski definition) is 4. The van der Waals surface area contributed by atoms with Crippen LogP contribution >= 0.6 is 0 Å². The maximum Gasteiger partial charge on any atom is 0.254 e. The van der Waals surface area contributed by atoms with Crippen LogP contribution in [0.25, 0.3) is 11.1 Å². The molecular formula is C28H35F3N2O3. The molecule has 1 atom stereocenters. The van der Waals surface area contributed by atoms with Crippen LogP contribution in [0.5, 0.6) is 5.75 Å². The van der Waals surface area contributed by atoms with Crippen molar-refractivity contribution in [3.8, 4) is 16.9 Å². The van der Waals surface area contributed by atoms with E-state index in [1.807, 2.05) is 0 Å². The molecular weight excluding hydrogens is 469 g/mol. The van der Waals surface area contributed by atoms with Crippen molar-refractivity contribution in [2.45, 2.75) is 51.3 Å². The number of hydrogen-bond donors (Lipinski definition) is 1. The standard InChI is InChI=1S/C28H35F3N2O3/c1-28(2,31)18-32-12-9-19(10-13-32)17-36-22-6-8-24(26(30)15-22)23-7-5-20(14-25(23)29)27(35)33-11-3-4-21(34)16-33/h5-8,14-15,19,21,34H,3-4,9-13,16-18H2,1-2H3. The molecule has 1 amide bonds. The predicted octanol–water partition coefficient (Wildman–Crippen LogP) is 5.07. The van der Waals surface area contributed by atoms with Crippen molar-refractivity contribution in [1.29, 1.82) is 0 Å². The smallest absolute Gasteiger partial charge is 0.254 e. The Bertz CT molecular complexity index is 1060. The Morgan fingerprint density at radius 1 is 1.03 bits per heavy atom. The summed E-state index contributed by atoms with van der Waals surface area (Å²) in [6, 6.07) is 8.38. The molecule has 2 aromatic carbocycles. The number of likely N-dealkylation sites (tertiary alicyclic amines) is 2. The number of amides is 1. The second-order valence-corrected chi connectivity index (χ2v) is 10.6. The number of ether oxygens (including phenoxy) is 1. The van der Waals surface area contributed by atoms with E-state index in [9.17, 15) is 23.1 Å². The highest BCUT2D eigenvalue weighted by atomic mass is 19.1. The number of rotatable bonds is 7. The first-order chi connectivity index (χ1) is 17.1. The lowest BCUT2D eigenvalue weighted by Gasteiger charge is -2.34. The minimum atomic E-state index is -1.21. The molecule has 2 aliphatic heterocycles. The molecule has 5 nitrogen and oxygen atoms in total. The third kappa shape index (κ3) is 6.79. The summed E-state index contributed by atoms with van der Waals surface area (Å²) in [6.45, 7) is 6.40. The molecule has 2 aliphatic rings. The van der Waals surface area contributed by atoms with Gasteiger partial charge in [0.2, 0.25) is 0 Å². The number of benzene rings is 2. The van der Waals surface area contributed by atoms with Gasteiger partial charge in [-0.15, -0.1) is 0 Å². The maximum atomic E-state index is 14.9. The van der Waals surface area contributed by atoms with E-state index in [4.69, 9.17) is 4.74 Å². The van der Waals surface area contributed by atoms with Crippen molar-refractivity contribution in [2.75, 3.05) is 39.3 Å². The van der Waals surface area contributed by atoms with Crippen LogP contribution in [-0.2, 0) is 0 Å². The summed E-state index contributed by atoms with van der Waals surface area (Å²) >= 11 is 0. The molecule has 0 bridgehead atoms. The number of β-amino-alcohol motifs (C(OH)–C–C–N with tert-alkyl or cyclic N) is 1. The molecule has 0 spiro atoms. The van der Waals surface area contributed by atoms with Crippen molar-refractivity contribution in [1.82, 2.24) is 9.80 Å². The number of aliphatic hydroxyl groups is 1. The van der Waals surface area contributed by atoms with Gasteiger partial charge in [-0.3, -0.25) is 4.79 Å². The Morgan fingerprint density at radius 3 is 2.31 bits per heavy atom. The van der Waals surface area contributed by atoms with Gasteiger partial charge in [0, 0.05) is 42.4 Å². The Hall–Kier alpha value is -2.58. The van der Waals surface area contributed by atoms with E-state index in [-0.39, 0.29) is 29.1 Å². The Kier molecular flexibility index (Phi) is 8.25. The first-order valence-electron chi connectivity index (χ1n) is 12.7. The maximum absolute atomic E-state index is 14.9. The fourth-order valence-corrected chi connectivity index (χ4v) is 5.05. The molecule has 2 saturated heterocycles. The van der Waals surface area contributed by atoms with Crippen molar-refractivity contribution < 1.29 is 27.8 Å². The molecule has 0 aromatic heterocycles. The van der Waals surface area contributed by atoms with Gasteiger partial charge in [0.15, 0.2) is 0 Å². The van der Waals surface area contributed by atoms with Crippen LogP contribution < -0.4 is 4.74 Å². The number of nitrogens with zero attached hydrogens (tertiary/aromatic N) is 2. The highest BCUT2D eigenvalue weighted by Crippen LogP contribution is 2.30. The fraction of sp³-hybridized carbons (Fsp3) is 0.536. The minimum absolute atomic E-state index is 0.0671. The molecule has 36 heavy (non-hydrogen) atoms. The zero-order valence-electron chi connectivity index (χ0n) is 21.0. The Balaban J connectivity index is 1.35. The van der Waals surface area contributed by atoms with E-state index in [2.05, 4.69) is 4.90 Å². The van der Waals surface area contributed by atoms with Gasteiger partial charge in [0.05, 0.1) is 12.7 Å². The third-order valence-electron chi connectivity index (χ3n) is 6.92. The lowest BCUT2D eigenvalue weighted by molar-refractivity contribution is 0.0473. The van der Waals surface area contributed by atoms with E-state index in [1.165, 1.54) is 29.2 Å². The summed E-state index contributed by atoms with van der Waals surface area (Å²) in [7, 11) is 0. The number of halogens is 3.